The average Bonchev–Trinajstić information content (AvgIpc) is 2.98. The molecule has 2 heterocycles. The minimum atomic E-state index is -0.200. The molecule has 0 aliphatic carbocycles. The Bertz CT molecular complexity index is 701. The van der Waals surface area contributed by atoms with Gasteiger partial charge in [0.2, 0.25) is 0 Å². The van der Waals surface area contributed by atoms with Crippen LogP contribution < -0.4 is 5.73 Å². The summed E-state index contributed by atoms with van der Waals surface area (Å²) in [5.41, 5.74) is 9.00. The Morgan fingerprint density at radius 1 is 1.47 bits per heavy atom. The van der Waals surface area contributed by atoms with Crippen molar-refractivity contribution in [1.82, 2.24) is 19.5 Å². The fourth-order valence-electron chi connectivity index (χ4n) is 2.30. The highest BCUT2D eigenvalue weighted by Gasteiger charge is 2.17. The van der Waals surface area contributed by atoms with E-state index >= 15 is 0 Å². The highest BCUT2D eigenvalue weighted by atomic mass is 35.5. The molecule has 1 aromatic carbocycles. The highest BCUT2D eigenvalue weighted by molar-refractivity contribution is 6.35. The second-order valence-electron chi connectivity index (χ2n) is 4.52. The predicted octanol–water partition coefficient (Wildman–Crippen LogP) is 2.19. The van der Waals surface area contributed by atoms with Crippen molar-refractivity contribution in [1.29, 1.82) is 0 Å². The van der Waals surface area contributed by atoms with Gasteiger partial charge in [-0.15, -0.1) is 0 Å². The van der Waals surface area contributed by atoms with Crippen LogP contribution in [0.3, 0.4) is 0 Å². The van der Waals surface area contributed by atoms with Gasteiger partial charge in [0, 0.05) is 25.4 Å². The minimum Gasteiger partial charge on any atom is -0.348 e. The molecule has 1 unspecified atom stereocenters. The maximum absolute atomic E-state index is 6.23. The molecule has 3 N–H and O–H groups in total. The van der Waals surface area contributed by atoms with Gasteiger partial charge in [0.25, 0.3) is 0 Å². The predicted molar refractivity (Wildman–Crippen MR) is 74.9 cm³/mol. The third-order valence-corrected chi connectivity index (χ3v) is 3.51. The van der Waals surface area contributed by atoms with E-state index in [9.17, 15) is 0 Å². The SMILES string of the molecule is Cn1c(C(N)Cc2cnc[nH]2)nc2cccc(Cl)c21. The summed E-state index contributed by atoms with van der Waals surface area (Å²) in [5.74, 6) is 0.817. The lowest BCUT2D eigenvalue weighted by Gasteiger charge is -2.10. The zero-order valence-electron chi connectivity index (χ0n) is 10.5. The lowest BCUT2D eigenvalue weighted by atomic mass is 10.1. The summed E-state index contributed by atoms with van der Waals surface area (Å²) in [6.07, 6.45) is 4.08. The molecule has 3 aromatic rings. The van der Waals surface area contributed by atoms with Crippen molar-refractivity contribution in [2.75, 3.05) is 0 Å². The lowest BCUT2D eigenvalue weighted by molar-refractivity contribution is 0.632. The number of halogens is 1. The van der Waals surface area contributed by atoms with Crippen LogP contribution in [0.5, 0.6) is 0 Å². The molecule has 0 saturated heterocycles. The van der Waals surface area contributed by atoms with Crippen LogP contribution in [0.4, 0.5) is 0 Å². The van der Waals surface area contributed by atoms with Crippen LogP contribution in [0.2, 0.25) is 5.02 Å². The number of rotatable bonds is 3. The van der Waals surface area contributed by atoms with E-state index in [4.69, 9.17) is 17.3 Å². The van der Waals surface area contributed by atoms with Crippen LogP contribution in [0.15, 0.2) is 30.7 Å². The molecule has 6 heteroatoms. The van der Waals surface area contributed by atoms with Gasteiger partial charge in [0.1, 0.15) is 5.82 Å². The number of nitrogens with one attached hydrogen (secondary N) is 1. The number of aryl methyl sites for hydroxylation is 1. The summed E-state index contributed by atoms with van der Waals surface area (Å²) in [7, 11) is 1.93. The van der Waals surface area contributed by atoms with Crippen molar-refractivity contribution in [2.45, 2.75) is 12.5 Å². The van der Waals surface area contributed by atoms with Crippen molar-refractivity contribution in [3.05, 3.63) is 47.3 Å². The van der Waals surface area contributed by atoms with Crippen molar-refractivity contribution < 1.29 is 0 Å². The summed E-state index contributed by atoms with van der Waals surface area (Å²) in [6, 6.07) is 5.49. The topological polar surface area (TPSA) is 72.5 Å². The van der Waals surface area contributed by atoms with Gasteiger partial charge in [-0.1, -0.05) is 17.7 Å². The van der Waals surface area contributed by atoms with Crippen LogP contribution in [-0.2, 0) is 13.5 Å². The van der Waals surface area contributed by atoms with Gasteiger partial charge in [-0.25, -0.2) is 9.97 Å². The number of nitrogens with zero attached hydrogens (tertiary/aromatic N) is 3. The Labute approximate surface area is 115 Å². The molecular formula is C13H14ClN5. The quantitative estimate of drug-likeness (QED) is 0.770. The molecule has 0 amide bonds. The van der Waals surface area contributed by atoms with E-state index in [-0.39, 0.29) is 6.04 Å². The Morgan fingerprint density at radius 2 is 2.32 bits per heavy atom. The molecule has 3 rings (SSSR count). The molecule has 5 nitrogen and oxygen atoms in total. The Kier molecular flexibility index (Phi) is 3.00. The standard InChI is InChI=1S/C13H14ClN5/c1-19-12-9(14)3-2-4-11(12)18-13(19)10(15)5-8-6-16-7-17-8/h2-4,6-7,10H,5,15H2,1H3,(H,16,17). The molecule has 0 spiro atoms. The second-order valence-corrected chi connectivity index (χ2v) is 4.93. The van der Waals surface area contributed by atoms with Gasteiger partial charge < -0.3 is 15.3 Å². The Hall–Kier alpha value is -1.85. The Morgan fingerprint density at radius 3 is 3.00 bits per heavy atom. The maximum Gasteiger partial charge on any atom is 0.127 e. The van der Waals surface area contributed by atoms with E-state index in [1.165, 1.54) is 0 Å². The first-order valence-electron chi connectivity index (χ1n) is 6.00. The van der Waals surface area contributed by atoms with Gasteiger partial charge in [0.05, 0.1) is 28.4 Å². The molecule has 19 heavy (non-hydrogen) atoms. The first kappa shape index (κ1) is 12.2. The van der Waals surface area contributed by atoms with Crippen LogP contribution in [-0.4, -0.2) is 19.5 Å². The van der Waals surface area contributed by atoms with E-state index in [2.05, 4.69) is 15.0 Å². The average molecular weight is 276 g/mol. The molecule has 0 fully saturated rings. The molecule has 1 atom stereocenters. The molecule has 2 aromatic heterocycles. The van der Waals surface area contributed by atoms with Gasteiger partial charge >= 0.3 is 0 Å². The number of aromatic nitrogens is 4. The largest absolute Gasteiger partial charge is 0.348 e. The van der Waals surface area contributed by atoms with Gasteiger partial charge in [-0.2, -0.15) is 0 Å². The van der Waals surface area contributed by atoms with E-state index in [1.54, 1.807) is 12.5 Å². The number of benzene rings is 1. The molecule has 98 valence electrons. The summed E-state index contributed by atoms with van der Waals surface area (Å²) in [6.45, 7) is 0. The van der Waals surface area contributed by atoms with Crippen molar-refractivity contribution in [2.24, 2.45) is 12.8 Å². The third kappa shape index (κ3) is 2.11. The molecule has 0 aliphatic heterocycles. The van der Waals surface area contributed by atoms with E-state index in [1.807, 2.05) is 29.8 Å². The molecule has 0 saturated carbocycles. The minimum absolute atomic E-state index is 0.200. The molecule has 0 bridgehead atoms. The molecule has 0 radical (unpaired) electrons. The van der Waals surface area contributed by atoms with Crippen LogP contribution in [0.25, 0.3) is 11.0 Å². The number of imidazole rings is 2. The van der Waals surface area contributed by atoms with E-state index in [0.29, 0.717) is 11.4 Å². The summed E-state index contributed by atoms with van der Waals surface area (Å²) in [5, 5.41) is 0.687. The summed E-state index contributed by atoms with van der Waals surface area (Å²) < 4.78 is 1.96. The maximum atomic E-state index is 6.23. The van der Waals surface area contributed by atoms with Crippen LogP contribution in [0.1, 0.15) is 17.6 Å². The smallest absolute Gasteiger partial charge is 0.127 e. The fraction of sp³-hybridized carbons (Fsp3) is 0.231. The van der Waals surface area contributed by atoms with Gasteiger partial charge in [-0.05, 0) is 12.1 Å². The fourth-order valence-corrected chi connectivity index (χ4v) is 2.59. The number of para-hydroxylation sites is 1. The number of H-pyrrole nitrogens is 1. The zero-order chi connectivity index (χ0) is 13.4. The van der Waals surface area contributed by atoms with Crippen LogP contribution in [0, 0.1) is 0 Å². The number of fused-ring (bicyclic) bond motifs is 1. The first-order chi connectivity index (χ1) is 9.16. The van der Waals surface area contributed by atoms with Crippen molar-refractivity contribution in [3.63, 3.8) is 0 Å². The number of hydrogen-bond donors (Lipinski definition) is 2. The van der Waals surface area contributed by atoms with Gasteiger partial charge in [0.15, 0.2) is 0 Å². The Balaban J connectivity index is 2.01. The second kappa shape index (κ2) is 4.68. The molecule has 0 aliphatic rings. The monoisotopic (exact) mass is 275 g/mol. The lowest BCUT2D eigenvalue weighted by Crippen LogP contribution is -2.18. The normalized spacial score (nSPS) is 13.0. The summed E-state index contributed by atoms with van der Waals surface area (Å²) >= 11 is 6.21. The highest BCUT2D eigenvalue weighted by Crippen LogP contribution is 2.26. The van der Waals surface area contributed by atoms with E-state index < -0.39 is 0 Å². The van der Waals surface area contributed by atoms with Crippen LogP contribution >= 0.6 is 11.6 Å². The number of nitrogens with two attached hydrogens (primary N) is 1. The zero-order valence-corrected chi connectivity index (χ0v) is 11.2. The van der Waals surface area contributed by atoms with Gasteiger partial charge in [-0.3, -0.25) is 0 Å². The summed E-state index contributed by atoms with van der Waals surface area (Å²) in [4.78, 5) is 11.6. The van der Waals surface area contributed by atoms with Crippen molar-refractivity contribution in [3.8, 4) is 0 Å². The first-order valence-corrected chi connectivity index (χ1v) is 6.38. The molecular weight excluding hydrogens is 262 g/mol. The van der Waals surface area contributed by atoms with Crippen molar-refractivity contribution >= 4 is 22.6 Å². The number of aromatic amines is 1. The number of hydrogen-bond acceptors (Lipinski definition) is 3. The third-order valence-electron chi connectivity index (χ3n) is 3.21. The van der Waals surface area contributed by atoms with E-state index in [0.717, 1.165) is 22.6 Å².